The van der Waals surface area contributed by atoms with E-state index >= 15 is 0 Å². The van der Waals surface area contributed by atoms with Crippen LogP contribution < -0.4 is 0 Å². The molecule has 0 spiro atoms. The molecule has 1 aliphatic heterocycles. The minimum Gasteiger partial charge on any atom is -0.337 e. The summed E-state index contributed by atoms with van der Waals surface area (Å²) in [6, 6.07) is 8.27. The lowest BCUT2D eigenvalue weighted by atomic mass is 10.2. The quantitative estimate of drug-likeness (QED) is 0.651. The Morgan fingerprint density at radius 2 is 2.07 bits per heavy atom. The zero-order valence-corrected chi connectivity index (χ0v) is 11.2. The van der Waals surface area contributed by atoms with Gasteiger partial charge in [-0.15, -0.1) is 0 Å². The van der Waals surface area contributed by atoms with Crippen molar-refractivity contribution in [3.05, 3.63) is 33.4 Å². The SMILES string of the molecule is O=C1CC(S)CN1Cc1ccc(I)cc1. The average Bonchev–Trinajstić information content (AvgIpc) is 2.49. The Morgan fingerprint density at radius 3 is 2.60 bits per heavy atom. The minimum absolute atomic E-state index is 0.210. The predicted octanol–water partition coefficient (Wildman–Crippen LogP) is 2.32. The molecule has 0 N–H and O–H groups in total. The Balaban J connectivity index is 2.03. The number of hydrogen-bond donors (Lipinski definition) is 1. The number of carbonyl (C=O) groups is 1. The highest BCUT2D eigenvalue weighted by molar-refractivity contribution is 14.1. The maximum atomic E-state index is 11.5. The summed E-state index contributed by atoms with van der Waals surface area (Å²) in [5.74, 6) is 0.216. The van der Waals surface area contributed by atoms with Gasteiger partial charge in [0, 0.05) is 28.3 Å². The molecule has 1 aromatic carbocycles. The molecule has 0 aromatic heterocycles. The van der Waals surface area contributed by atoms with Crippen molar-refractivity contribution in [3.8, 4) is 0 Å². The molecule has 1 unspecified atom stereocenters. The highest BCUT2D eigenvalue weighted by Gasteiger charge is 2.26. The molecule has 0 saturated carbocycles. The van der Waals surface area contributed by atoms with Gasteiger partial charge in [0.15, 0.2) is 0 Å². The number of thiol groups is 1. The molecule has 80 valence electrons. The summed E-state index contributed by atoms with van der Waals surface area (Å²) >= 11 is 6.61. The summed E-state index contributed by atoms with van der Waals surface area (Å²) < 4.78 is 1.22. The van der Waals surface area contributed by atoms with Gasteiger partial charge in [-0.2, -0.15) is 12.6 Å². The highest BCUT2D eigenvalue weighted by Crippen LogP contribution is 2.18. The van der Waals surface area contributed by atoms with Gasteiger partial charge in [0.1, 0.15) is 0 Å². The number of nitrogens with zero attached hydrogens (tertiary/aromatic N) is 1. The van der Waals surface area contributed by atoms with E-state index in [0.29, 0.717) is 13.0 Å². The molecule has 2 rings (SSSR count). The fourth-order valence-corrected chi connectivity index (χ4v) is 2.43. The molecule has 4 heteroatoms. The molecule has 0 bridgehead atoms. The number of carbonyl (C=O) groups excluding carboxylic acids is 1. The summed E-state index contributed by atoms with van der Waals surface area (Å²) in [5.41, 5.74) is 1.19. The lowest BCUT2D eigenvalue weighted by Crippen LogP contribution is -2.24. The van der Waals surface area contributed by atoms with Gasteiger partial charge in [-0.05, 0) is 40.3 Å². The molecular formula is C11H12INOS. The van der Waals surface area contributed by atoms with Gasteiger partial charge in [-0.25, -0.2) is 0 Å². The molecule has 1 aromatic rings. The topological polar surface area (TPSA) is 20.3 Å². The average molecular weight is 333 g/mol. The molecule has 1 fully saturated rings. The zero-order chi connectivity index (χ0) is 10.8. The van der Waals surface area contributed by atoms with Crippen LogP contribution in [-0.4, -0.2) is 22.6 Å². The minimum atomic E-state index is 0.210. The van der Waals surface area contributed by atoms with Crippen LogP contribution in [-0.2, 0) is 11.3 Å². The van der Waals surface area contributed by atoms with Crippen molar-refractivity contribution in [2.45, 2.75) is 18.2 Å². The second-order valence-electron chi connectivity index (χ2n) is 3.76. The van der Waals surface area contributed by atoms with Crippen LogP contribution in [0.2, 0.25) is 0 Å². The Morgan fingerprint density at radius 1 is 1.40 bits per heavy atom. The first-order valence-corrected chi connectivity index (χ1v) is 6.45. The van der Waals surface area contributed by atoms with Gasteiger partial charge in [0.05, 0.1) is 0 Å². The van der Waals surface area contributed by atoms with Crippen molar-refractivity contribution in [1.29, 1.82) is 0 Å². The molecule has 1 amide bonds. The predicted molar refractivity (Wildman–Crippen MR) is 72.0 cm³/mol. The monoisotopic (exact) mass is 333 g/mol. The third-order valence-corrected chi connectivity index (χ3v) is 3.55. The fraction of sp³-hybridized carbons (Fsp3) is 0.364. The van der Waals surface area contributed by atoms with Crippen LogP contribution in [0.4, 0.5) is 0 Å². The first-order chi connectivity index (χ1) is 7.15. The van der Waals surface area contributed by atoms with Crippen LogP contribution in [0.15, 0.2) is 24.3 Å². The molecule has 1 atom stereocenters. The second-order valence-corrected chi connectivity index (χ2v) is 5.73. The maximum absolute atomic E-state index is 11.5. The number of likely N-dealkylation sites (tertiary alicyclic amines) is 1. The number of rotatable bonds is 2. The third-order valence-electron chi connectivity index (χ3n) is 2.48. The van der Waals surface area contributed by atoms with Crippen molar-refractivity contribution in [2.75, 3.05) is 6.54 Å². The molecular weight excluding hydrogens is 321 g/mol. The second kappa shape index (κ2) is 4.74. The third kappa shape index (κ3) is 2.87. The van der Waals surface area contributed by atoms with Gasteiger partial charge in [0.2, 0.25) is 5.91 Å². The van der Waals surface area contributed by atoms with Gasteiger partial charge in [-0.1, -0.05) is 12.1 Å². The standard InChI is InChI=1S/C11H12INOS/c12-9-3-1-8(2-4-9)6-13-7-10(15)5-11(13)14/h1-4,10,15H,5-7H2. The van der Waals surface area contributed by atoms with E-state index in [1.54, 1.807) is 0 Å². The van der Waals surface area contributed by atoms with Crippen molar-refractivity contribution >= 4 is 41.1 Å². The molecule has 2 nitrogen and oxygen atoms in total. The van der Waals surface area contributed by atoms with E-state index in [9.17, 15) is 4.79 Å². The zero-order valence-electron chi connectivity index (χ0n) is 8.19. The van der Waals surface area contributed by atoms with E-state index in [-0.39, 0.29) is 11.2 Å². The summed E-state index contributed by atoms with van der Waals surface area (Å²) in [5, 5.41) is 0.210. The van der Waals surface area contributed by atoms with Crippen LogP contribution in [0.25, 0.3) is 0 Å². The van der Waals surface area contributed by atoms with E-state index in [4.69, 9.17) is 0 Å². The van der Waals surface area contributed by atoms with Crippen molar-refractivity contribution < 1.29 is 4.79 Å². The number of hydrogen-bond acceptors (Lipinski definition) is 2. The Labute approximate surface area is 109 Å². The molecule has 1 saturated heterocycles. The van der Waals surface area contributed by atoms with Gasteiger partial charge >= 0.3 is 0 Å². The van der Waals surface area contributed by atoms with E-state index in [2.05, 4.69) is 59.5 Å². The summed E-state index contributed by atoms with van der Waals surface area (Å²) in [6.45, 7) is 1.49. The highest BCUT2D eigenvalue weighted by atomic mass is 127. The summed E-state index contributed by atoms with van der Waals surface area (Å²) in [6.07, 6.45) is 0.577. The first-order valence-electron chi connectivity index (χ1n) is 4.85. The lowest BCUT2D eigenvalue weighted by molar-refractivity contribution is -0.128. The molecule has 15 heavy (non-hydrogen) atoms. The first kappa shape index (κ1) is 11.3. The van der Waals surface area contributed by atoms with Crippen LogP contribution in [0.1, 0.15) is 12.0 Å². The van der Waals surface area contributed by atoms with E-state index in [0.717, 1.165) is 6.54 Å². The largest absolute Gasteiger partial charge is 0.337 e. The number of amides is 1. The van der Waals surface area contributed by atoms with Crippen LogP contribution in [0.5, 0.6) is 0 Å². The van der Waals surface area contributed by atoms with Crippen LogP contribution >= 0.6 is 35.2 Å². The molecule has 1 heterocycles. The molecule has 0 radical (unpaired) electrons. The summed E-state index contributed by atoms with van der Waals surface area (Å²) in [7, 11) is 0. The molecule has 0 aliphatic carbocycles. The Kier molecular flexibility index (Phi) is 3.56. The van der Waals surface area contributed by atoms with Gasteiger partial charge in [0.25, 0.3) is 0 Å². The van der Waals surface area contributed by atoms with Crippen LogP contribution in [0, 0.1) is 3.57 Å². The normalized spacial score (nSPS) is 21.1. The number of benzene rings is 1. The van der Waals surface area contributed by atoms with Gasteiger partial charge in [-0.3, -0.25) is 4.79 Å². The Bertz CT molecular complexity index is 365. The van der Waals surface area contributed by atoms with E-state index < -0.39 is 0 Å². The maximum Gasteiger partial charge on any atom is 0.224 e. The smallest absolute Gasteiger partial charge is 0.224 e. The van der Waals surface area contributed by atoms with Crippen LogP contribution in [0.3, 0.4) is 0 Å². The number of halogens is 1. The van der Waals surface area contributed by atoms with E-state index in [1.165, 1.54) is 9.13 Å². The van der Waals surface area contributed by atoms with Crippen molar-refractivity contribution in [2.24, 2.45) is 0 Å². The van der Waals surface area contributed by atoms with Crippen molar-refractivity contribution in [3.63, 3.8) is 0 Å². The Hall–Kier alpha value is -0.230. The van der Waals surface area contributed by atoms with Gasteiger partial charge < -0.3 is 4.90 Å². The molecule has 1 aliphatic rings. The fourth-order valence-electron chi connectivity index (χ4n) is 1.71. The lowest BCUT2D eigenvalue weighted by Gasteiger charge is -2.15. The van der Waals surface area contributed by atoms with Crippen molar-refractivity contribution in [1.82, 2.24) is 4.90 Å². The van der Waals surface area contributed by atoms with E-state index in [1.807, 2.05) is 4.90 Å². The summed E-state index contributed by atoms with van der Waals surface area (Å²) in [4.78, 5) is 13.4.